The van der Waals surface area contributed by atoms with Crippen molar-refractivity contribution in [3.05, 3.63) is 40.7 Å². The SMILES string of the molecule is Cc1cccnc1CNC(=O)c1csc(N)n1. The monoisotopic (exact) mass is 248 g/mol. The fraction of sp³-hybridized carbons (Fsp3) is 0.182. The first-order valence-electron chi connectivity index (χ1n) is 5.06. The second-order valence-electron chi connectivity index (χ2n) is 3.52. The molecule has 0 spiro atoms. The van der Waals surface area contributed by atoms with Gasteiger partial charge in [-0.2, -0.15) is 0 Å². The molecule has 0 unspecified atom stereocenters. The smallest absolute Gasteiger partial charge is 0.271 e. The lowest BCUT2D eigenvalue weighted by molar-refractivity contribution is 0.0946. The van der Waals surface area contributed by atoms with Crippen molar-refractivity contribution in [3.63, 3.8) is 0 Å². The van der Waals surface area contributed by atoms with Crippen LogP contribution in [0.1, 0.15) is 21.7 Å². The minimum Gasteiger partial charge on any atom is -0.375 e. The standard InChI is InChI=1S/C11H12N4OS/c1-7-3-2-4-13-8(7)5-14-10(16)9-6-17-11(12)15-9/h2-4,6H,5H2,1H3,(H2,12,15)(H,14,16). The number of rotatable bonds is 3. The number of nitrogens with two attached hydrogens (primary N) is 1. The molecule has 0 saturated carbocycles. The van der Waals surface area contributed by atoms with Gasteiger partial charge in [0.15, 0.2) is 5.13 Å². The molecule has 0 aliphatic rings. The number of nitrogens with zero attached hydrogens (tertiary/aromatic N) is 2. The van der Waals surface area contributed by atoms with Gasteiger partial charge in [-0.3, -0.25) is 9.78 Å². The van der Waals surface area contributed by atoms with Gasteiger partial charge in [0, 0.05) is 11.6 Å². The number of aromatic nitrogens is 2. The molecule has 1 amide bonds. The van der Waals surface area contributed by atoms with Crippen LogP contribution in [0.4, 0.5) is 5.13 Å². The van der Waals surface area contributed by atoms with Gasteiger partial charge in [0.25, 0.3) is 5.91 Å². The molecule has 2 heterocycles. The average molecular weight is 248 g/mol. The van der Waals surface area contributed by atoms with E-state index in [0.29, 0.717) is 17.4 Å². The Kier molecular flexibility index (Phi) is 3.34. The van der Waals surface area contributed by atoms with Gasteiger partial charge in [-0.05, 0) is 18.6 Å². The third kappa shape index (κ3) is 2.79. The highest BCUT2D eigenvalue weighted by molar-refractivity contribution is 7.13. The van der Waals surface area contributed by atoms with Crippen LogP contribution >= 0.6 is 11.3 Å². The Hall–Kier alpha value is -1.95. The van der Waals surface area contributed by atoms with E-state index in [1.807, 2.05) is 19.1 Å². The van der Waals surface area contributed by atoms with Crippen molar-refractivity contribution < 1.29 is 4.79 Å². The van der Waals surface area contributed by atoms with Crippen molar-refractivity contribution >= 4 is 22.4 Å². The minimum atomic E-state index is -0.233. The maximum absolute atomic E-state index is 11.7. The van der Waals surface area contributed by atoms with Crippen LogP contribution in [0.3, 0.4) is 0 Å². The van der Waals surface area contributed by atoms with Crippen molar-refractivity contribution in [2.75, 3.05) is 5.73 Å². The quantitative estimate of drug-likeness (QED) is 0.859. The van der Waals surface area contributed by atoms with Gasteiger partial charge in [-0.1, -0.05) is 6.07 Å². The second-order valence-corrected chi connectivity index (χ2v) is 4.41. The molecule has 0 aliphatic carbocycles. The zero-order chi connectivity index (χ0) is 12.3. The highest BCUT2D eigenvalue weighted by Crippen LogP contribution is 2.11. The summed E-state index contributed by atoms with van der Waals surface area (Å²) in [5.74, 6) is -0.233. The summed E-state index contributed by atoms with van der Waals surface area (Å²) in [7, 11) is 0. The predicted molar refractivity (Wildman–Crippen MR) is 66.7 cm³/mol. The van der Waals surface area contributed by atoms with Crippen LogP contribution in [-0.4, -0.2) is 15.9 Å². The largest absolute Gasteiger partial charge is 0.375 e. The van der Waals surface area contributed by atoms with E-state index in [0.717, 1.165) is 11.3 Å². The van der Waals surface area contributed by atoms with E-state index in [4.69, 9.17) is 5.73 Å². The summed E-state index contributed by atoms with van der Waals surface area (Å²) in [6.45, 7) is 2.35. The van der Waals surface area contributed by atoms with Gasteiger partial charge in [0.2, 0.25) is 0 Å². The molecule has 17 heavy (non-hydrogen) atoms. The highest BCUT2D eigenvalue weighted by Gasteiger charge is 2.09. The molecule has 0 saturated heterocycles. The van der Waals surface area contributed by atoms with Crippen molar-refractivity contribution in [2.45, 2.75) is 13.5 Å². The van der Waals surface area contributed by atoms with Gasteiger partial charge in [-0.15, -0.1) is 11.3 Å². The van der Waals surface area contributed by atoms with Crippen molar-refractivity contribution in [2.24, 2.45) is 0 Å². The molecule has 0 aromatic carbocycles. The normalized spacial score (nSPS) is 10.2. The first kappa shape index (κ1) is 11.5. The van der Waals surface area contributed by atoms with Gasteiger partial charge in [0.1, 0.15) is 5.69 Å². The van der Waals surface area contributed by atoms with E-state index in [1.165, 1.54) is 11.3 Å². The second kappa shape index (κ2) is 4.92. The van der Waals surface area contributed by atoms with E-state index >= 15 is 0 Å². The number of thiazole rings is 1. The Morgan fingerprint density at radius 3 is 3.06 bits per heavy atom. The Morgan fingerprint density at radius 1 is 1.59 bits per heavy atom. The minimum absolute atomic E-state index is 0.233. The Balaban J connectivity index is 1.99. The highest BCUT2D eigenvalue weighted by atomic mass is 32.1. The number of aryl methyl sites for hydroxylation is 1. The summed E-state index contributed by atoms with van der Waals surface area (Å²) in [5, 5.41) is 4.78. The summed E-state index contributed by atoms with van der Waals surface area (Å²) in [4.78, 5) is 19.8. The lowest BCUT2D eigenvalue weighted by Crippen LogP contribution is -2.24. The van der Waals surface area contributed by atoms with Crippen LogP contribution in [0.2, 0.25) is 0 Å². The molecule has 2 aromatic rings. The molecule has 2 aromatic heterocycles. The summed E-state index contributed by atoms with van der Waals surface area (Å²) < 4.78 is 0. The zero-order valence-corrected chi connectivity index (χ0v) is 10.1. The molecular formula is C11H12N4OS. The summed E-state index contributed by atoms with van der Waals surface area (Å²) >= 11 is 1.25. The predicted octanol–water partition coefficient (Wildman–Crippen LogP) is 1.36. The van der Waals surface area contributed by atoms with Crippen LogP contribution in [0, 0.1) is 6.92 Å². The summed E-state index contributed by atoms with van der Waals surface area (Å²) in [6.07, 6.45) is 1.70. The molecule has 0 bridgehead atoms. The van der Waals surface area contributed by atoms with E-state index in [1.54, 1.807) is 11.6 Å². The molecule has 0 radical (unpaired) electrons. The van der Waals surface area contributed by atoms with Crippen LogP contribution in [0.5, 0.6) is 0 Å². The van der Waals surface area contributed by atoms with E-state index < -0.39 is 0 Å². The molecule has 0 fully saturated rings. The number of nitrogens with one attached hydrogen (secondary N) is 1. The maximum atomic E-state index is 11.7. The van der Waals surface area contributed by atoms with Gasteiger partial charge < -0.3 is 11.1 Å². The number of hydrogen-bond donors (Lipinski definition) is 2. The molecule has 88 valence electrons. The Labute approximate surface area is 103 Å². The first-order chi connectivity index (χ1) is 8.16. The third-order valence-electron chi connectivity index (χ3n) is 2.29. The Bertz CT molecular complexity index is 538. The maximum Gasteiger partial charge on any atom is 0.271 e. The number of amides is 1. The zero-order valence-electron chi connectivity index (χ0n) is 9.30. The number of pyridine rings is 1. The van der Waals surface area contributed by atoms with Gasteiger partial charge in [0.05, 0.1) is 12.2 Å². The van der Waals surface area contributed by atoms with Crippen molar-refractivity contribution in [3.8, 4) is 0 Å². The van der Waals surface area contributed by atoms with Gasteiger partial charge in [-0.25, -0.2) is 4.98 Å². The Morgan fingerprint density at radius 2 is 2.41 bits per heavy atom. The van der Waals surface area contributed by atoms with Gasteiger partial charge >= 0.3 is 0 Å². The number of carbonyl (C=O) groups excluding carboxylic acids is 1. The lowest BCUT2D eigenvalue weighted by Gasteiger charge is -2.05. The number of anilines is 1. The summed E-state index contributed by atoms with van der Waals surface area (Å²) in [6, 6.07) is 3.82. The molecular weight excluding hydrogens is 236 g/mol. The van der Waals surface area contributed by atoms with E-state index in [-0.39, 0.29) is 5.91 Å². The molecule has 5 nitrogen and oxygen atoms in total. The van der Waals surface area contributed by atoms with Crippen molar-refractivity contribution in [1.82, 2.24) is 15.3 Å². The average Bonchev–Trinajstić information content (AvgIpc) is 2.74. The number of carbonyl (C=O) groups is 1. The molecule has 0 aliphatic heterocycles. The first-order valence-corrected chi connectivity index (χ1v) is 5.94. The topological polar surface area (TPSA) is 80.9 Å². The van der Waals surface area contributed by atoms with Crippen LogP contribution in [0.15, 0.2) is 23.7 Å². The number of nitrogen functional groups attached to an aromatic ring is 1. The fourth-order valence-corrected chi connectivity index (χ4v) is 1.89. The fourth-order valence-electron chi connectivity index (χ4n) is 1.35. The van der Waals surface area contributed by atoms with Crippen molar-refractivity contribution in [1.29, 1.82) is 0 Å². The van der Waals surface area contributed by atoms with E-state index in [9.17, 15) is 4.79 Å². The van der Waals surface area contributed by atoms with E-state index in [2.05, 4.69) is 15.3 Å². The molecule has 0 atom stereocenters. The van der Waals surface area contributed by atoms with Crippen LogP contribution in [0.25, 0.3) is 0 Å². The molecule has 2 rings (SSSR count). The lowest BCUT2D eigenvalue weighted by atomic mass is 10.2. The molecule has 6 heteroatoms. The summed E-state index contributed by atoms with van der Waals surface area (Å²) in [5.41, 5.74) is 7.71. The third-order valence-corrected chi connectivity index (χ3v) is 2.96. The molecule has 3 N–H and O–H groups in total. The van der Waals surface area contributed by atoms with Crippen LogP contribution in [-0.2, 0) is 6.54 Å². The van der Waals surface area contributed by atoms with Crippen LogP contribution < -0.4 is 11.1 Å². The number of hydrogen-bond acceptors (Lipinski definition) is 5.